The van der Waals surface area contributed by atoms with E-state index in [1.807, 2.05) is 0 Å². The number of hydrogen-bond donors (Lipinski definition) is 2. The zero-order valence-electron chi connectivity index (χ0n) is 9.67. The SMILES string of the molecule is COC(=O)CC(O)C(O)c1cccc(Cl)c1C=O. The van der Waals surface area contributed by atoms with E-state index in [-0.39, 0.29) is 22.6 Å². The Balaban J connectivity index is 2.96. The van der Waals surface area contributed by atoms with Crippen LogP contribution in [0.5, 0.6) is 0 Å². The highest BCUT2D eigenvalue weighted by atomic mass is 35.5. The summed E-state index contributed by atoms with van der Waals surface area (Å²) in [5.74, 6) is -0.656. The van der Waals surface area contributed by atoms with E-state index in [1.54, 1.807) is 6.07 Å². The molecule has 98 valence electrons. The van der Waals surface area contributed by atoms with E-state index < -0.39 is 18.2 Å². The van der Waals surface area contributed by atoms with Gasteiger partial charge in [-0.1, -0.05) is 23.7 Å². The largest absolute Gasteiger partial charge is 0.469 e. The van der Waals surface area contributed by atoms with Gasteiger partial charge in [-0.25, -0.2) is 0 Å². The Morgan fingerprint density at radius 1 is 1.50 bits per heavy atom. The average Bonchev–Trinajstić information content (AvgIpc) is 2.37. The lowest BCUT2D eigenvalue weighted by atomic mass is 9.97. The van der Waals surface area contributed by atoms with Gasteiger partial charge in [0.1, 0.15) is 6.10 Å². The molecular formula is C12H13ClO5. The van der Waals surface area contributed by atoms with Gasteiger partial charge in [-0.2, -0.15) is 0 Å². The molecule has 2 N–H and O–H groups in total. The number of aldehydes is 1. The third-order valence-electron chi connectivity index (χ3n) is 2.49. The number of ether oxygens (including phenoxy) is 1. The van der Waals surface area contributed by atoms with Crippen molar-refractivity contribution in [2.24, 2.45) is 0 Å². The molecular weight excluding hydrogens is 260 g/mol. The van der Waals surface area contributed by atoms with Gasteiger partial charge in [-0.05, 0) is 11.6 Å². The molecule has 0 saturated heterocycles. The van der Waals surface area contributed by atoms with E-state index in [2.05, 4.69) is 4.74 Å². The molecule has 0 heterocycles. The molecule has 0 aromatic heterocycles. The second-order valence-electron chi connectivity index (χ2n) is 3.65. The molecule has 0 fully saturated rings. The van der Waals surface area contributed by atoms with Crippen molar-refractivity contribution in [3.05, 3.63) is 34.3 Å². The summed E-state index contributed by atoms with van der Waals surface area (Å²) in [4.78, 5) is 21.9. The molecule has 2 unspecified atom stereocenters. The molecule has 1 rings (SSSR count). The molecule has 2 atom stereocenters. The minimum Gasteiger partial charge on any atom is -0.469 e. The van der Waals surface area contributed by atoms with Crippen LogP contribution >= 0.6 is 11.6 Å². The highest BCUT2D eigenvalue weighted by Crippen LogP contribution is 2.26. The predicted octanol–water partition coefficient (Wildman–Crippen LogP) is 1.11. The highest BCUT2D eigenvalue weighted by Gasteiger charge is 2.24. The van der Waals surface area contributed by atoms with Crippen LogP contribution in [-0.2, 0) is 9.53 Å². The summed E-state index contributed by atoms with van der Waals surface area (Å²) in [5.41, 5.74) is 0.268. The monoisotopic (exact) mass is 272 g/mol. The van der Waals surface area contributed by atoms with Gasteiger partial charge in [0.05, 0.1) is 24.7 Å². The summed E-state index contributed by atoms with van der Waals surface area (Å²) in [7, 11) is 1.18. The number of carbonyl (C=O) groups excluding carboxylic acids is 2. The lowest BCUT2D eigenvalue weighted by molar-refractivity contribution is -0.144. The number of halogens is 1. The number of esters is 1. The van der Waals surface area contributed by atoms with Crippen molar-refractivity contribution < 1.29 is 24.5 Å². The average molecular weight is 273 g/mol. The van der Waals surface area contributed by atoms with Crippen molar-refractivity contribution in [1.82, 2.24) is 0 Å². The van der Waals surface area contributed by atoms with Gasteiger partial charge in [-0.3, -0.25) is 9.59 Å². The maximum atomic E-state index is 11.0. The summed E-state index contributed by atoms with van der Waals surface area (Å²) in [6.45, 7) is 0. The Labute approximate surface area is 109 Å². The standard InChI is InChI=1S/C12H13ClO5/c1-18-11(16)5-10(15)12(17)7-3-2-4-9(13)8(7)6-14/h2-4,6,10,12,15,17H,5H2,1H3. The van der Waals surface area contributed by atoms with Crippen LogP contribution in [0, 0.1) is 0 Å². The zero-order valence-corrected chi connectivity index (χ0v) is 10.4. The normalized spacial score (nSPS) is 13.8. The van der Waals surface area contributed by atoms with Crippen LogP contribution in [0.3, 0.4) is 0 Å². The smallest absolute Gasteiger partial charge is 0.308 e. The van der Waals surface area contributed by atoms with E-state index in [0.29, 0.717) is 6.29 Å². The fourth-order valence-electron chi connectivity index (χ4n) is 1.51. The van der Waals surface area contributed by atoms with E-state index in [0.717, 1.165) is 0 Å². The van der Waals surface area contributed by atoms with Crippen molar-refractivity contribution in [3.8, 4) is 0 Å². The maximum Gasteiger partial charge on any atom is 0.308 e. The van der Waals surface area contributed by atoms with Crippen LogP contribution < -0.4 is 0 Å². The number of aliphatic hydroxyl groups is 2. The molecule has 1 aromatic carbocycles. The molecule has 0 aliphatic rings. The Kier molecular flexibility index (Phi) is 5.27. The van der Waals surface area contributed by atoms with Crippen LogP contribution in [0.1, 0.15) is 28.4 Å². The third-order valence-corrected chi connectivity index (χ3v) is 2.82. The Hall–Kier alpha value is -1.43. The fourth-order valence-corrected chi connectivity index (χ4v) is 1.74. The summed E-state index contributed by atoms with van der Waals surface area (Å²) >= 11 is 5.80. The van der Waals surface area contributed by atoms with Crippen molar-refractivity contribution >= 4 is 23.9 Å². The second kappa shape index (κ2) is 6.49. The van der Waals surface area contributed by atoms with E-state index >= 15 is 0 Å². The summed E-state index contributed by atoms with van der Waals surface area (Å²) in [6.07, 6.45) is -2.63. The van der Waals surface area contributed by atoms with Crippen molar-refractivity contribution in [2.75, 3.05) is 7.11 Å². The van der Waals surface area contributed by atoms with Gasteiger partial charge in [0, 0.05) is 5.56 Å². The molecule has 6 heteroatoms. The number of methoxy groups -OCH3 is 1. The Morgan fingerprint density at radius 3 is 2.72 bits per heavy atom. The predicted molar refractivity (Wildman–Crippen MR) is 64.4 cm³/mol. The van der Waals surface area contributed by atoms with Crippen LogP contribution in [0.2, 0.25) is 5.02 Å². The lowest BCUT2D eigenvalue weighted by Crippen LogP contribution is -2.23. The molecule has 0 saturated carbocycles. The van der Waals surface area contributed by atoms with Crippen LogP contribution in [0.25, 0.3) is 0 Å². The number of benzene rings is 1. The molecule has 1 aromatic rings. The number of hydrogen-bond acceptors (Lipinski definition) is 5. The molecule has 0 bridgehead atoms. The van der Waals surface area contributed by atoms with Gasteiger partial charge in [0.2, 0.25) is 0 Å². The van der Waals surface area contributed by atoms with Crippen molar-refractivity contribution in [2.45, 2.75) is 18.6 Å². The summed E-state index contributed by atoms with van der Waals surface area (Å²) in [6, 6.07) is 4.49. The lowest BCUT2D eigenvalue weighted by Gasteiger charge is -2.19. The number of rotatable bonds is 5. The topological polar surface area (TPSA) is 83.8 Å². The quantitative estimate of drug-likeness (QED) is 0.620. The van der Waals surface area contributed by atoms with Crippen LogP contribution in [-0.4, -0.2) is 35.7 Å². The summed E-state index contributed by atoms with van der Waals surface area (Å²) in [5, 5.41) is 19.7. The Morgan fingerprint density at radius 2 is 2.17 bits per heavy atom. The fraction of sp³-hybridized carbons (Fsp3) is 0.333. The van der Waals surface area contributed by atoms with E-state index in [1.165, 1.54) is 19.2 Å². The van der Waals surface area contributed by atoms with Crippen molar-refractivity contribution in [3.63, 3.8) is 0 Å². The van der Waals surface area contributed by atoms with E-state index in [4.69, 9.17) is 11.6 Å². The first kappa shape index (κ1) is 14.6. The first-order valence-corrected chi connectivity index (χ1v) is 5.55. The van der Waals surface area contributed by atoms with Crippen LogP contribution in [0.15, 0.2) is 18.2 Å². The zero-order chi connectivity index (χ0) is 13.7. The van der Waals surface area contributed by atoms with Crippen molar-refractivity contribution in [1.29, 1.82) is 0 Å². The number of carbonyl (C=O) groups is 2. The maximum absolute atomic E-state index is 11.0. The molecule has 18 heavy (non-hydrogen) atoms. The first-order valence-electron chi connectivity index (χ1n) is 5.17. The van der Waals surface area contributed by atoms with Gasteiger partial charge in [0.25, 0.3) is 0 Å². The molecule has 0 aliphatic heterocycles. The Bertz CT molecular complexity index is 446. The van der Waals surface area contributed by atoms with Gasteiger partial charge < -0.3 is 14.9 Å². The minimum atomic E-state index is -1.39. The van der Waals surface area contributed by atoms with Crippen LogP contribution in [0.4, 0.5) is 0 Å². The molecule has 0 aliphatic carbocycles. The molecule has 5 nitrogen and oxygen atoms in total. The van der Waals surface area contributed by atoms with Gasteiger partial charge in [0.15, 0.2) is 6.29 Å². The van der Waals surface area contributed by atoms with E-state index in [9.17, 15) is 19.8 Å². The molecule has 0 radical (unpaired) electrons. The van der Waals surface area contributed by atoms with Gasteiger partial charge in [-0.15, -0.1) is 0 Å². The second-order valence-corrected chi connectivity index (χ2v) is 4.06. The number of aliphatic hydroxyl groups excluding tert-OH is 2. The first-order chi connectivity index (χ1) is 8.51. The third kappa shape index (κ3) is 3.29. The van der Waals surface area contributed by atoms with Gasteiger partial charge >= 0.3 is 5.97 Å². The minimum absolute atomic E-state index is 0.0931. The summed E-state index contributed by atoms with van der Waals surface area (Å²) < 4.78 is 4.38. The molecule has 0 spiro atoms. The molecule has 0 amide bonds. The highest BCUT2D eigenvalue weighted by molar-refractivity contribution is 6.33.